The van der Waals surface area contributed by atoms with Crippen molar-refractivity contribution in [3.05, 3.63) is 54.2 Å². The van der Waals surface area contributed by atoms with Crippen LogP contribution in [0.4, 0.5) is 0 Å². The van der Waals surface area contributed by atoms with Gasteiger partial charge in [0.05, 0.1) is 13.2 Å². The molecule has 1 atom stereocenters. The van der Waals surface area contributed by atoms with Gasteiger partial charge in [-0.2, -0.15) is 4.98 Å². The van der Waals surface area contributed by atoms with E-state index in [1.54, 1.807) is 7.11 Å². The van der Waals surface area contributed by atoms with Gasteiger partial charge in [0.15, 0.2) is 5.82 Å². The molecule has 0 aliphatic carbocycles. The zero-order valence-electron chi connectivity index (χ0n) is 10.4. The molecule has 5 nitrogen and oxygen atoms in total. The van der Waals surface area contributed by atoms with E-state index in [0.29, 0.717) is 5.82 Å². The first-order valence-electron chi connectivity index (χ1n) is 5.87. The number of rotatable bonds is 3. The minimum atomic E-state index is -0.384. The molecule has 2 N–H and O–H groups in total. The molecular weight excluding hydrogens is 242 g/mol. The molecule has 3 aromatic rings. The van der Waals surface area contributed by atoms with E-state index in [9.17, 15) is 0 Å². The zero-order valence-corrected chi connectivity index (χ0v) is 10.4. The number of nitrogens with zero attached hydrogens (tertiary/aromatic N) is 2. The number of nitrogens with two attached hydrogens (primary N) is 1. The molecule has 96 valence electrons. The Morgan fingerprint density at radius 3 is 2.68 bits per heavy atom. The van der Waals surface area contributed by atoms with Gasteiger partial charge in [0, 0.05) is 0 Å². The van der Waals surface area contributed by atoms with Crippen LogP contribution in [-0.2, 0) is 0 Å². The Morgan fingerprint density at radius 1 is 1.16 bits per heavy atom. The first kappa shape index (κ1) is 11.7. The van der Waals surface area contributed by atoms with Crippen LogP contribution in [0.3, 0.4) is 0 Å². The van der Waals surface area contributed by atoms with Crippen molar-refractivity contribution in [3.63, 3.8) is 0 Å². The molecule has 0 saturated carbocycles. The van der Waals surface area contributed by atoms with Crippen molar-refractivity contribution in [2.24, 2.45) is 5.73 Å². The highest BCUT2D eigenvalue weighted by molar-refractivity contribution is 5.84. The average Bonchev–Trinajstić information content (AvgIpc) is 2.99. The lowest BCUT2D eigenvalue weighted by atomic mass is 10.0. The van der Waals surface area contributed by atoms with Crippen LogP contribution >= 0.6 is 0 Å². The maximum atomic E-state index is 6.10. The van der Waals surface area contributed by atoms with E-state index in [2.05, 4.69) is 10.1 Å². The maximum Gasteiger partial charge on any atom is 0.213 e. The molecule has 3 rings (SSSR count). The van der Waals surface area contributed by atoms with E-state index < -0.39 is 0 Å². The summed E-state index contributed by atoms with van der Waals surface area (Å²) in [4.78, 5) is 3.98. The molecule has 0 fully saturated rings. The fraction of sp³-hybridized carbons (Fsp3) is 0.143. The van der Waals surface area contributed by atoms with Crippen LogP contribution in [-0.4, -0.2) is 17.3 Å². The predicted octanol–water partition coefficient (Wildman–Crippen LogP) is 2.28. The normalized spacial score (nSPS) is 12.5. The summed E-state index contributed by atoms with van der Waals surface area (Å²) in [5.74, 6) is 1.32. The standard InChI is InChI=1S/C14H13N3O2/c1-18-12-5-4-9-6-11(3-2-10(9)7-12)13(15)14-16-8-19-17-14/h2-8,13H,15H2,1H3. The molecule has 0 spiro atoms. The van der Waals surface area contributed by atoms with E-state index in [1.807, 2.05) is 36.4 Å². The van der Waals surface area contributed by atoms with Crippen molar-refractivity contribution in [2.75, 3.05) is 7.11 Å². The number of hydrogen-bond donors (Lipinski definition) is 1. The number of hydrogen-bond acceptors (Lipinski definition) is 5. The molecule has 19 heavy (non-hydrogen) atoms. The van der Waals surface area contributed by atoms with Crippen molar-refractivity contribution < 1.29 is 9.26 Å². The van der Waals surface area contributed by atoms with Gasteiger partial charge in [-0.1, -0.05) is 23.4 Å². The molecule has 0 aliphatic heterocycles. The molecule has 1 heterocycles. The highest BCUT2D eigenvalue weighted by Crippen LogP contribution is 2.25. The summed E-state index contributed by atoms with van der Waals surface area (Å²) in [7, 11) is 1.65. The summed E-state index contributed by atoms with van der Waals surface area (Å²) in [5, 5.41) is 5.96. The molecule has 0 aliphatic rings. The summed E-state index contributed by atoms with van der Waals surface area (Å²) >= 11 is 0. The lowest BCUT2D eigenvalue weighted by Crippen LogP contribution is -2.13. The number of fused-ring (bicyclic) bond motifs is 1. The number of ether oxygens (including phenoxy) is 1. The van der Waals surface area contributed by atoms with Crippen LogP contribution in [0.15, 0.2) is 47.3 Å². The fourth-order valence-electron chi connectivity index (χ4n) is 2.03. The molecular formula is C14H13N3O2. The molecule has 0 radical (unpaired) electrons. The Hall–Kier alpha value is -2.40. The number of methoxy groups -OCH3 is 1. The SMILES string of the molecule is COc1ccc2cc(C(N)c3ncon3)ccc2c1. The first-order valence-corrected chi connectivity index (χ1v) is 5.87. The maximum absolute atomic E-state index is 6.10. The lowest BCUT2D eigenvalue weighted by molar-refractivity contribution is 0.407. The van der Waals surface area contributed by atoms with Crippen LogP contribution < -0.4 is 10.5 Å². The summed E-state index contributed by atoms with van der Waals surface area (Å²) in [6.45, 7) is 0. The third-order valence-electron chi connectivity index (χ3n) is 3.09. The van der Waals surface area contributed by atoms with Crippen molar-refractivity contribution in [2.45, 2.75) is 6.04 Å². The third-order valence-corrected chi connectivity index (χ3v) is 3.09. The molecule has 0 bridgehead atoms. The minimum absolute atomic E-state index is 0.384. The summed E-state index contributed by atoms with van der Waals surface area (Å²) in [5.41, 5.74) is 7.04. The van der Waals surface area contributed by atoms with Crippen LogP contribution in [0.5, 0.6) is 5.75 Å². The van der Waals surface area contributed by atoms with Crippen LogP contribution in [0.25, 0.3) is 10.8 Å². The molecule has 5 heteroatoms. The summed E-state index contributed by atoms with van der Waals surface area (Å²) < 4.78 is 9.92. The highest BCUT2D eigenvalue weighted by atomic mass is 16.5. The average molecular weight is 255 g/mol. The van der Waals surface area contributed by atoms with Gasteiger partial charge in [-0.15, -0.1) is 0 Å². The predicted molar refractivity (Wildman–Crippen MR) is 70.8 cm³/mol. The van der Waals surface area contributed by atoms with Gasteiger partial charge in [0.2, 0.25) is 6.39 Å². The molecule has 2 aromatic carbocycles. The van der Waals surface area contributed by atoms with Gasteiger partial charge in [-0.3, -0.25) is 0 Å². The second-order valence-electron chi connectivity index (χ2n) is 4.24. The first-order chi connectivity index (χ1) is 9.28. The molecule has 1 aromatic heterocycles. The highest BCUT2D eigenvalue weighted by Gasteiger charge is 2.13. The monoisotopic (exact) mass is 255 g/mol. The second kappa shape index (κ2) is 4.70. The second-order valence-corrected chi connectivity index (χ2v) is 4.24. The van der Waals surface area contributed by atoms with Crippen molar-refractivity contribution >= 4 is 10.8 Å². The number of benzene rings is 2. The molecule has 0 saturated heterocycles. The number of aromatic nitrogens is 2. The van der Waals surface area contributed by atoms with Crippen molar-refractivity contribution in [3.8, 4) is 5.75 Å². The molecule has 1 unspecified atom stereocenters. The van der Waals surface area contributed by atoms with E-state index >= 15 is 0 Å². The Balaban J connectivity index is 2.02. The smallest absolute Gasteiger partial charge is 0.213 e. The van der Waals surface area contributed by atoms with Gasteiger partial charge in [-0.05, 0) is 34.5 Å². The quantitative estimate of drug-likeness (QED) is 0.777. The van der Waals surface area contributed by atoms with Crippen LogP contribution in [0, 0.1) is 0 Å². The summed E-state index contributed by atoms with van der Waals surface area (Å²) in [6, 6.07) is 11.5. The Kier molecular flexibility index (Phi) is 2.89. The lowest BCUT2D eigenvalue weighted by Gasteiger charge is -2.09. The van der Waals surface area contributed by atoms with Gasteiger partial charge in [-0.25, -0.2) is 0 Å². The van der Waals surface area contributed by atoms with Gasteiger partial charge >= 0.3 is 0 Å². The van der Waals surface area contributed by atoms with E-state index in [1.165, 1.54) is 6.39 Å². The summed E-state index contributed by atoms with van der Waals surface area (Å²) in [6.07, 6.45) is 1.28. The van der Waals surface area contributed by atoms with Gasteiger partial charge in [0.25, 0.3) is 0 Å². The van der Waals surface area contributed by atoms with Gasteiger partial charge < -0.3 is 15.0 Å². The van der Waals surface area contributed by atoms with E-state index in [0.717, 1.165) is 22.1 Å². The Bertz CT molecular complexity index is 695. The Labute approximate surface area is 110 Å². The van der Waals surface area contributed by atoms with Crippen LogP contribution in [0.1, 0.15) is 17.4 Å². The third kappa shape index (κ3) is 2.15. The van der Waals surface area contributed by atoms with Crippen molar-refractivity contribution in [1.82, 2.24) is 10.1 Å². The minimum Gasteiger partial charge on any atom is -0.497 e. The van der Waals surface area contributed by atoms with Gasteiger partial charge in [0.1, 0.15) is 5.75 Å². The largest absolute Gasteiger partial charge is 0.497 e. The van der Waals surface area contributed by atoms with Crippen molar-refractivity contribution in [1.29, 1.82) is 0 Å². The topological polar surface area (TPSA) is 74.2 Å². The molecule has 0 amide bonds. The zero-order chi connectivity index (χ0) is 13.2. The fourth-order valence-corrected chi connectivity index (χ4v) is 2.03. The van der Waals surface area contributed by atoms with Crippen LogP contribution in [0.2, 0.25) is 0 Å². The van der Waals surface area contributed by atoms with E-state index in [-0.39, 0.29) is 6.04 Å². The van der Waals surface area contributed by atoms with E-state index in [4.69, 9.17) is 15.0 Å². The Morgan fingerprint density at radius 2 is 1.95 bits per heavy atom.